The van der Waals surface area contributed by atoms with Crippen LogP contribution in [0.5, 0.6) is 5.75 Å². The fourth-order valence-corrected chi connectivity index (χ4v) is 1.43. The fourth-order valence-electron chi connectivity index (χ4n) is 1.43. The van der Waals surface area contributed by atoms with Crippen LogP contribution in [0.1, 0.15) is 33.3 Å². The second-order valence-corrected chi connectivity index (χ2v) is 5.60. The number of benzene rings is 1. The van der Waals surface area contributed by atoms with E-state index in [4.69, 9.17) is 9.47 Å². The van der Waals surface area contributed by atoms with Gasteiger partial charge in [-0.25, -0.2) is 9.59 Å². The van der Waals surface area contributed by atoms with Gasteiger partial charge in [0.1, 0.15) is 5.75 Å². The van der Waals surface area contributed by atoms with E-state index in [9.17, 15) is 9.59 Å². The summed E-state index contributed by atoms with van der Waals surface area (Å²) in [4.78, 5) is 22.6. The summed E-state index contributed by atoms with van der Waals surface area (Å²) in [6, 6.07) is 7.25. The van der Waals surface area contributed by atoms with Crippen molar-refractivity contribution in [2.24, 2.45) is 0 Å². The van der Waals surface area contributed by atoms with Crippen molar-refractivity contribution >= 4 is 11.9 Å². The van der Waals surface area contributed by atoms with Gasteiger partial charge in [0.25, 0.3) is 0 Å². The Kier molecular flexibility index (Phi) is 5.08. The molecule has 0 aliphatic carbocycles. The molecule has 108 valence electrons. The number of hydrogen-bond acceptors (Lipinski definition) is 4. The van der Waals surface area contributed by atoms with E-state index < -0.39 is 18.5 Å². The summed E-state index contributed by atoms with van der Waals surface area (Å²) < 4.78 is 9.77. The summed E-state index contributed by atoms with van der Waals surface area (Å²) in [5, 5.41) is 0. The van der Waals surface area contributed by atoms with Crippen LogP contribution in [0, 0.1) is 0 Å². The van der Waals surface area contributed by atoms with E-state index in [-0.39, 0.29) is 11.0 Å². The molecule has 0 spiro atoms. The SMILES string of the molecule is C=C(C)C(=O)OCC(=O)Oc1ccc(C(C)(C)C)cc1. The van der Waals surface area contributed by atoms with Gasteiger partial charge in [0, 0.05) is 5.57 Å². The summed E-state index contributed by atoms with van der Waals surface area (Å²) in [7, 11) is 0. The summed E-state index contributed by atoms with van der Waals surface area (Å²) in [5.74, 6) is -0.803. The molecule has 0 aliphatic rings. The first-order chi connectivity index (χ1) is 9.20. The number of hydrogen-bond donors (Lipinski definition) is 0. The summed E-state index contributed by atoms with van der Waals surface area (Å²) in [6.07, 6.45) is 0. The molecule has 0 aromatic heterocycles. The smallest absolute Gasteiger partial charge is 0.349 e. The third-order valence-electron chi connectivity index (χ3n) is 2.62. The van der Waals surface area contributed by atoms with Crippen molar-refractivity contribution in [1.82, 2.24) is 0 Å². The molecule has 4 nitrogen and oxygen atoms in total. The average Bonchev–Trinajstić information content (AvgIpc) is 2.35. The van der Waals surface area contributed by atoms with Crippen LogP contribution in [0.4, 0.5) is 0 Å². The molecule has 0 N–H and O–H groups in total. The second kappa shape index (κ2) is 6.37. The van der Waals surface area contributed by atoms with Crippen molar-refractivity contribution in [3.63, 3.8) is 0 Å². The molecule has 0 saturated carbocycles. The maximum atomic E-state index is 11.5. The Balaban J connectivity index is 2.55. The monoisotopic (exact) mass is 276 g/mol. The molecule has 0 radical (unpaired) electrons. The second-order valence-electron chi connectivity index (χ2n) is 5.60. The van der Waals surface area contributed by atoms with E-state index in [0.29, 0.717) is 5.75 Å². The third-order valence-corrected chi connectivity index (χ3v) is 2.62. The normalized spacial score (nSPS) is 10.8. The molecule has 0 heterocycles. The van der Waals surface area contributed by atoms with E-state index in [2.05, 4.69) is 27.4 Å². The Labute approximate surface area is 119 Å². The van der Waals surface area contributed by atoms with Gasteiger partial charge in [0.2, 0.25) is 0 Å². The van der Waals surface area contributed by atoms with Crippen molar-refractivity contribution < 1.29 is 19.1 Å². The maximum Gasteiger partial charge on any atom is 0.349 e. The first kappa shape index (κ1) is 16.0. The molecule has 0 aliphatic heterocycles. The van der Waals surface area contributed by atoms with E-state index >= 15 is 0 Å². The lowest BCUT2D eigenvalue weighted by Crippen LogP contribution is -2.19. The lowest BCUT2D eigenvalue weighted by molar-refractivity contribution is -0.150. The van der Waals surface area contributed by atoms with Gasteiger partial charge in [-0.3, -0.25) is 0 Å². The highest BCUT2D eigenvalue weighted by molar-refractivity contribution is 5.88. The minimum atomic E-state index is -0.622. The Hall–Kier alpha value is -2.10. The van der Waals surface area contributed by atoms with Crippen molar-refractivity contribution in [2.45, 2.75) is 33.1 Å². The molecule has 0 atom stereocenters. The number of carbonyl (C=O) groups excluding carboxylic acids is 2. The number of esters is 2. The van der Waals surface area contributed by atoms with Gasteiger partial charge in [-0.1, -0.05) is 39.5 Å². The van der Waals surface area contributed by atoms with E-state index in [1.807, 2.05) is 12.1 Å². The van der Waals surface area contributed by atoms with Crippen molar-refractivity contribution in [3.8, 4) is 5.75 Å². The van der Waals surface area contributed by atoms with E-state index in [1.165, 1.54) is 6.92 Å². The van der Waals surface area contributed by atoms with Crippen LogP contribution < -0.4 is 4.74 Å². The highest BCUT2D eigenvalue weighted by Crippen LogP contribution is 2.24. The molecule has 0 saturated heterocycles. The lowest BCUT2D eigenvalue weighted by Gasteiger charge is -2.18. The highest BCUT2D eigenvalue weighted by Gasteiger charge is 2.14. The van der Waals surface area contributed by atoms with Crippen molar-refractivity contribution in [2.75, 3.05) is 6.61 Å². The van der Waals surface area contributed by atoms with Crippen LogP contribution in [0.15, 0.2) is 36.4 Å². The molecular weight excluding hydrogens is 256 g/mol. The van der Waals surface area contributed by atoms with Crippen LogP contribution in [0.25, 0.3) is 0 Å². The fraction of sp³-hybridized carbons (Fsp3) is 0.375. The quantitative estimate of drug-likeness (QED) is 0.482. The number of carbonyl (C=O) groups is 2. The Morgan fingerprint density at radius 2 is 1.70 bits per heavy atom. The molecule has 1 rings (SSSR count). The number of ether oxygens (including phenoxy) is 2. The van der Waals surface area contributed by atoms with Gasteiger partial charge < -0.3 is 9.47 Å². The van der Waals surface area contributed by atoms with Gasteiger partial charge in [0.05, 0.1) is 0 Å². The van der Waals surface area contributed by atoms with Gasteiger partial charge >= 0.3 is 11.9 Å². The average molecular weight is 276 g/mol. The largest absolute Gasteiger partial charge is 0.450 e. The summed E-state index contributed by atoms with van der Waals surface area (Å²) in [5.41, 5.74) is 1.43. The van der Waals surface area contributed by atoms with Gasteiger partial charge in [-0.05, 0) is 30.0 Å². The Bertz CT molecular complexity index is 506. The molecule has 1 aromatic carbocycles. The Morgan fingerprint density at radius 1 is 1.15 bits per heavy atom. The zero-order valence-electron chi connectivity index (χ0n) is 12.4. The molecule has 20 heavy (non-hydrogen) atoms. The van der Waals surface area contributed by atoms with E-state index in [1.54, 1.807) is 12.1 Å². The Morgan fingerprint density at radius 3 is 2.15 bits per heavy atom. The first-order valence-corrected chi connectivity index (χ1v) is 6.34. The van der Waals surface area contributed by atoms with Crippen LogP contribution in [0.3, 0.4) is 0 Å². The molecule has 1 aromatic rings. The summed E-state index contributed by atoms with van der Waals surface area (Å²) in [6.45, 7) is 10.8. The highest BCUT2D eigenvalue weighted by atomic mass is 16.6. The molecule has 4 heteroatoms. The standard InChI is InChI=1S/C16H20O4/c1-11(2)15(18)19-10-14(17)20-13-8-6-12(7-9-13)16(3,4)5/h6-9H,1,10H2,2-5H3. The molecule has 0 amide bonds. The van der Waals surface area contributed by atoms with Gasteiger partial charge in [0.15, 0.2) is 6.61 Å². The van der Waals surface area contributed by atoms with Crippen LogP contribution in [-0.4, -0.2) is 18.5 Å². The molecule has 0 fully saturated rings. The number of rotatable bonds is 4. The zero-order chi connectivity index (χ0) is 15.3. The molecule has 0 unspecified atom stereocenters. The third kappa shape index (κ3) is 4.88. The van der Waals surface area contributed by atoms with Crippen molar-refractivity contribution in [1.29, 1.82) is 0 Å². The summed E-state index contributed by atoms with van der Waals surface area (Å²) >= 11 is 0. The van der Waals surface area contributed by atoms with E-state index in [0.717, 1.165) is 5.56 Å². The first-order valence-electron chi connectivity index (χ1n) is 6.34. The van der Waals surface area contributed by atoms with Gasteiger partial charge in [-0.15, -0.1) is 0 Å². The minimum absolute atomic E-state index is 0.0412. The maximum absolute atomic E-state index is 11.5. The topological polar surface area (TPSA) is 52.6 Å². The lowest BCUT2D eigenvalue weighted by atomic mass is 9.87. The predicted molar refractivity (Wildman–Crippen MR) is 76.6 cm³/mol. The van der Waals surface area contributed by atoms with Crippen LogP contribution in [-0.2, 0) is 19.7 Å². The minimum Gasteiger partial charge on any atom is -0.450 e. The van der Waals surface area contributed by atoms with Crippen LogP contribution >= 0.6 is 0 Å². The van der Waals surface area contributed by atoms with Crippen LogP contribution in [0.2, 0.25) is 0 Å². The van der Waals surface area contributed by atoms with Gasteiger partial charge in [-0.2, -0.15) is 0 Å². The molecule has 0 bridgehead atoms. The van der Waals surface area contributed by atoms with Crippen molar-refractivity contribution in [3.05, 3.63) is 42.0 Å². The zero-order valence-corrected chi connectivity index (χ0v) is 12.4. The predicted octanol–water partition coefficient (Wildman–Crippen LogP) is 3.01. The molecular formula is C16H20O4.